The quantitative estimate of drug-likeness (QED) is 0.772. The van der Waals surface area contributed by atoms with Gasteiger partial charge in [-0.25, -0.2) is 14.4 Å². The molecule has 2 aromatic carbocycles. The number of aryl methyl sites for hydroxylation is 2. The predicted octanol–water partition coefficient (Wildman–Crippen LogP) is 4.28. The van der Waals surface area contributed by atoms with Crippen LogP contribution in [0.3, 0.4) is 0 Å². The number of hydrogen-bond donors (Lipinski definition) is 1. The number of hydrogen-bond acceptors (Lipinski definition) is 4. The molecule has 1 heterocycles. The van der Waals surface area contributed by atoms with E-state index in [1.165, 1.54) is 18.2 Å². The van der Waals surface area contributed by atoms with Crippen molar-refractivity contribution in [2.75, 3.05) is 5.32 Å². The number of ether oxygens (including phenoxy) is 1. The number of carbonyl (C=O) groups is 1. The minimum Gasteiger partial charge on any atom is -0.424 e. The third-order valence-electron chi connectivity index (χ3n) is 3.35. The van der Waals surface area contributed by atoms with E-state index in [2.05, 4.69) is 15.3 Å². The van der Waals surface area contributed by atoms with E-state index < -0.39 is 11.7 Å². The molecule has 0 radical (unpaired) electrons. The maximum Gasteiger partial charge on any atom is 0.322 e. The first-order valence-corrected chi connectivity index (χ1v) is 7.67. The minimum atomic E-state index is -0.461. The molecule has 5 nitrogen and oxygen atoms in total. The average molecular weight is 337 g/mol. The highest BCUT2D eigenvalue weighted by molar-refractivity contribution is 6.04. The summed E-state index contributed by atoms with van der Waals surface area (Å²) in [5, 5.41) is 2.71. The normalized spacial score (nSPS) is 10.4. The number of rotatable bonds is 4. The van der Waals surface area contributed by atoms with Crippen molar-refractivity contribution in [3.8, 4) is 11.8 Å². The Morgan fingerprint density at radius 3 is 2.44 bits per heavy atom. The van der Waals surface area contributed by atoms with Crippen LogP contribution in [0.2, 0.25) is 0 Å². The molecule has 0 saturated carbocycles. The van der Waals surface area contributed by atoms with Crippen molar-refractivity contribution in [3.05, 3.63) is 77.4 Å². The van der Waals surface area contributed by atoms with Gasteiger partial charge in [0.2, 0.25) is 0 Å². The molecule has 0 aliphatic rings. The fraction of sp³-hybridized carbons (Fsp3) is 0.105. The van der Waals surface area contributed by atoms with Crippen molar-refractivity contribution in [2.24, 2.45) is 0 Å². The van der Waals surface area contributed by atoms with Crippen LogP contribution in [0, 0.1) is 19.7 Å². The summed E-state index contributed by atoms with van der Waals surface area (Å²) in [7, 11) is 0. The summed E-state index contributed by atoms with van der Waals surface area (Å²) in [5.41, 5.74) is 2.37. The van der Waals surface area contributed by atoms with Crippen LogP contribution in [0.25, 0.3) is 0 Å². The molecular formula is C19H16FN3O2. The third kappa shape index (κ3) is 4.38. The van der Waals surface area contributed by atoms with Crippen LogP contribution < -0.4 is 10.1 Å². The first-order chi connectivity index (χ1) is 12.0. The SMILES string of the molecule is Cc1cc(C)nc(Oc2cccc(NC(=O)c3cccc(F)c3)c2)n1. The lowest BCUT2D eigenvalue weighted by molar-refractivity contribution is 0.102. The molecule has 0 bridgehead atoms. The standard InChI is InChI=1S/C19H16FN3O2/c1-12-9-13(2)22-19(21-12)25-17-8-4-7-16(11-17)23-18(24)14-5-3-6-15(20)10-14/h3-11H,1-2H3,(H,23,24). The lowest BCUT2D eigenvalue weighted by atomic mass is 10.2. The summed E-state index contributed by atoms with van der Waals surface area (Å²) in [6, 6.07) is 14.4. The molecule has 126 valence electrons. The molecule has 0 fully saturated rings. The van der Waals surface area contributed by atoms with E-state index in [0.717, 1.165) is 11.4 Å². The van der Waals surface area contributed by atoms with Crippen molar-refractivity contribution in [2.45, 2.75) is 13.8 Å². The van der Waals surface area contributed by atoms with Gasteiger partial charge >= 0.3 is 6.01 Å². The summed E-state index contributed by atoms with van der Waals surface area (Å²) >= 11 is 0. The molecule has 3 aromatic rings. The van der Waals surface area contributed by atoms with E-state index in [0.29, 0.717) is 11.4 Å². The van der Waals surface area contributed by atoms with Crippen LogP contribution in [0.1, 0.15) is 21.7 Å². The van der Waals surface area contributed by atoms with Gasteiger partial charge in [0.1, 0.15) is 11.6 Å². The van der Waals surface area contributed by atoms with Crippen LogP contribution in [0.4, 0.5) is 10.1 Å². The highest BCUT2D eigenvalue weighted by atomic mass is 19.1. The molecule has 25 heavy (non-hydrogen) atoms. The number of anilines is 1. The van der Waals surface area contributed by atoms with Gasteiger partial charge in [-0.1, -0.05) is 12.1 Å². The average Bonchev–Trinajstić information content (AvgIpc) is 2.54. The fourth-order valence-electron chi connectivity index (χ4n) is 2.31. The second-order valence-corrected chi connectivity index (χ2v) is 5.53. The number of carbonyl (C=O) groups excluding carboxylic acids is 1. The summed E-state index contributed by atoms with van der Waals surface area (Å²) in [6.07, 6.45) is 0. The summed E-state index contributed by atoms with van der Waals surface area (Å²) < 4.78 is 18.9. The fourth-order valence-corrected chi connectivity index (χ4v) is 2.31. The number of halogens is 1. The highest BCUT2D eigenvalue weighted by Gasteiger charge is 2.08. The van der Waals surface area contributed by atoms with Crippen molar-refractivity contribution >= 4 is 11.6 Å². The largest absolute Gasteiger partial charge is 0.424 e. The lowest BCUT2D eigenvalue weighted by Gasteiger charge is -2.09. The van der Waals surface area contributed by atoms with Gasteiger partial charge in [0.25, 0.3) is 5.91 Å². The van der Waals surface area contributed by atoms with Crippen molar-refractivity contribution < 1.29 is 13.9 Å². The first-order valence-electron chi connectivity index (χ1n) is 7.67. The molecule has 0 unspecified atom stereocenters. The molecule has 0 aliphatic heterocycles. The van der Waals surface area contributed by atoms with Gasteiger partial charge in [-0.05, 0) is 50.2 Å². The Hall–Kier alpha value is -3.28. The zero-order chi connectivity index (χ0) is 17.8. The maximum absolute atomic E-state index is 13.2. The first kappa shape index (κ1) is 16.6. The van der Waals surface area contributed by atoms with Crippen molar-refractivity contribution in [1.29, 1.82) is 0 Å². The highest BCUT2D eigenvalue weighted by Crippen LogP contribution is 2.22. The number of nitrogens with one attached hydrogen (secondary N) is 1. The molecular weight excluding hydrogens is 321 g/mol. The van der Waals surface area contributed by atoms with Crippen LogP contribution in [0.5, 0.6) is 11.8 Å². The van der Waals surface area contributed by atoms with E-state index in [4.69, 9.17) is 4.74 Å². The van der Waals surface area contributed by atoms with E-state index in [1.807, 2.05) is 19.9 Å². The van der Waals surface area contributed by atoms with E-state index >= 15 is 0 Å². The monoisotopic (exact) mass is 337 g/mol. The maximum atomic E-state index is 13.2. The smallest absolute Gasteiger partial charge is 0.322 e. The van der Waals surface area contributed by atoms with Gasteiger partial charge in [-0.3, -0.25) is 4.79 Å². The predicted molar refractivity (Wildman–Crippen MR) is 92.4 cm³/mol. The Labute approximate surface area is 144 Å². The lowest BCUT2D eigenvalue weighted by Crippen LogP contribution is -2.12. The molecule has 0 atom stereocenters. The molecule has 1 N–H and O–H groups in total. The summed E-state index contributed by atoms with van der Waals surface area (Å²) in [6.45, 7) is 3.72. The van der Waals surface area contributed by atoms with Crippen molar-refractivity contribution in [1.82, 2.24) is 9.97 Å². The Kier molecular flexibility index (Phi) is 4.70. The molecule has 0 aliphatic carbocycles. The van der Waals surface area contributed by atoms with Crippen molar-refractivity contribution in [3.63, 3.8) is 0 Å². The zero-order valence-electron chi connectivity index (χ0n) is 13.8. The van der Waals surface area contributed by atoms with E-state index in [9.17, 15) is 9.18 Å². The second kappa shape index (κ2) is 7.09. The Balaban J connectivity index is 1.76. The Morgan fingerprint density at radius 2 is 1.72 bits per heavy atom. The zero-order valence-corrected chi connectivity index (χ0v) is 13.8. The molecule has 0 spiro atoms. The van der Waals surface area contributed by atoms with Crippen LogP contribution in [-0.4, -0.2) is 15.9 Å². The Morgan fingerprint density at radius 1 is 1.00 bits per heavy atom. The third-order valence-corrected chi connectivity index (χ3v) is 3.35. The summed E-state index contributed by atoms with van der Waals surface area (Å²) in [5.74, 6) is -0.377. The van der Waals surface area contributed by atoms with Gasteiger partial charge in [0, 0.05) is 28.7 Å². The van der Waals surface area contributed by atoms with E-state index in [1.54, 1.807) is 30.3 Å². The van der Waals surface area contributed by atoms with Gasteiger partial charge in [-0.15, -0.1) is 0 Å². The van der Waals surface area contributed by atoms with Gasteiger partial charge in [-0.2, -0.15) is 0 Å². The van der Waals surface area contributed by atoms with Gasteiger partial charge in [0.05, 0.1) is 0 Å². The van der Waals surface area contributed by atoms with Gasteiger partial charge < -0.3 is 10.1 Å². The molecule has 0 saturated heterocycles. The van der Waals surface area contributed by atoms with Crippen LogP contribution in [-0.2, 0) is 0 Å². The van der Waals surface area contributed by atoms with Crippen LogP contribution >= 0.6 is 0 Å². The number of aromatic nitrogens is 2. The van der Waals surface area contributed by atoms with Gasteiger partial charge in [0.15, 0.2) is 0 Å². The minimum absolute atomic E-state index is 0.240. The molecule has 1 amide bonds. The molecule has 3 rings (SSSR count). The second-order valence-electron chi connectivity index (χ2n) is 5.53. The Bertz CT molecular complexity index is 908. The topological polar surface area (TPSA) is 64.1 Å². The number of nitrogens with zero attached hydrogens (tertiary/aromatic N) is 2. The number of amides is 1. The molecule has 6 heteroatoms. The number of benzene rings is 2. The van der Waals surface area contributed by atoms with Crippen LogP contribution in [0.15, 0.2) is 54.6 Å². The summed E-state index contributed by atoms with van der Waals surface area (Å²) in [4.78, 5) is 20.6. The van der Waals surface area contributed by atoms with E-state index in [-0.39, 0.29) is 11.6 Å². The molecule has 1 aromatic heterocycles.